The fourth-order valence-electron chi connectivity index (χ4n) is 5.53. The molecule has 0 saturated heterocycles. The van der Waals surface area contributed by atoms with Gasteiger partial charge >= 0.3 is 10.1 Å². The molecule has 2 aliphatic rings. The average molecular weight is 604 g/mol. The Morgan fingerprint density at radius 2 is 1.44 bits per heavy atom. The quantitative estimate of drug-likeness (QED) is 0.240. The van der Waals surface area contributed by atoms with Crippen LogP contribution in [-0.2, 0) is 31.1 Å². The molecule has 0 atom stereocenters. The second-order valence-electron chi connectivity index (χ2n) is 11.0. The third-order valence-corrected chi connectivity index (χ3v) is 8.68. The predicted molar refractivity (Wildman–Crippen MR) is 159 cm³/mol. The molecule has 41 heavy (non-hydrogen) atoms. The highest BCUT2D eigenvalue weighted by atomic mass is 32.2. The average Bonchev–Trinajstić information content (AvgIpc) is 3.20. The van der Waals surface area contributed by atoms with Gasteiger partial charge in [0.25, 0.3) is 16.0 Å². The molecule has 2 aromatic rings. The van der Waals surface area contributed by atoms with Crippen LogP contribution in [0.1, 0.15) is 38.8 Å². The fraction of sp³-hybridized carbons (Fsp3) is 0.345. The van der Waals surface area contributed by atoms with Crippen LogP contribution in [0.3, 0.4) is 0 Å². The number of rotatable bonds is 9. The number of benzene rings is 2. The number of nitrogens with zero attached hydrogens (tertiary/aromatic N) is 2. The van der Waals surface area contributed by atoms with Crippen LogP contribution in [0.5, 0.6) is 11.5 Å². The van der Waals surface area contributed by atoms with Crippen molar-refractivity contribution in [2.24, 2.45) is 0 Å². The zero-order valence-electron chi connectivity index (χ0n) is 23.8. The van der Waals surface area contributed by atoms with E-state index in [0.717, 1.165) is 11.1 Å². The van der Waals surface area contributed by atoms with E-state index in [0.29, 0.717) is 34.3 Å². The summed E-state index contributed by atoms with van der Waals surface area (Å²) in [5.74, 6) is 0.0492. The molecule has 2 heterocycles. The number of hydrogen-bond donors (Lipinski definition) is 2. The van der Waals surface area contributed by atoms with Crippen LogP contribution in [0, 0.1) is 0 Å². The van der Waals surface area contributed by atoms with Gasteiger partial charge in [-0.1, -0.05) is 32.1 Å². The van der Waals surface area contributed by atoms with Crippen LogP contribution < -0.4 is 14.4 Å². The molecule has 0 aromatic heterocycles. The van der Waals surface area contributed by atoms with E-state index in [9.17, 15) is 25.9 Å². The molecule has 2 N–H and O–H groups in total. The normalized spacial score (nSPS) is 18.9. The van der Waals surface area contributed by atoms with E-state index >= 15 is 0 Å². The highest BCUT2D eigenvalue weighted by molar-refractivity contribution is 7.86. The summed E-state index contributed by atoms with van der Waals surface area (Å²) < 4.78 is 79.1. The molecule has 10 nitrogen and oxygen atoms in total. The van der Waals surface area contributed by atoms with Gasteiger partial charge in [0, 0.05) is 34.5 Å². The minimum absolute atomic E-state index is 0.599. The molecule has 2 aliphatic heterocycles. The molecule has 0 spiro atoms. The smallest absolute Gasteiger partial charge is 0.326 e. The number of allylic oxidation sites excluding steroid dienone is 6. The summed E-state index contributed by atoms with van der Waals surface area (Å²) in [4.78, 5) is 1.56. The van der Waals surface area contributed by atoms with Gasteiger partial charge in [-0.05, 0) is 55.8 Å². The minimum atomic E-state index is -4.33. The molecular weight excluding hydrogens is 568 g/mol. The predicted octanol–water partition coefficient (Wildman–Crippen LogP) is 4.56. The molecule has 0 radical (unpaired) electrons. The van der Waals surface area contributed by atoms with Crippen molar-refractivity contribution in [3.63, 3.8) is 0 Å². The SMILES string of the molecule is COc1ccc2c(c1)C(C)(C)C(=CC=CC=CC1=[N+](CS(=O)(=O)O)c3ccc(OC)cc3C1(C)C)N2CS(=O)(=O)O. The Balaban J connectivity index is 1.71. The van der Waals surface area contributed by atoms with Crippen LogP contribution in [-0.4, -0.2) is 62.2 Å². The van der Waals surface area contributed by atoms with Crippen LogP contribution in [0.4, 0.5) is 11.4 Å². The molecule has 0 aliphatic carbocycles. The van der Waals surface area contributed by atoms with Gasteiger partial charge in [0.2, 0.25) is 5.69 Å². The van der Waals surface area contributed by atoms with E-state index in [1.54, 1.807) is 78.3 Å². The van der Waals surface area contributed by atoms with Crippen molar-refractivity contribution in [3.05, 3.63) is 83.6 Å². The van der Waals surface area contributed by atoms with Crippen LogP contribution >= 0.6 is 0 Å². The monoisotopic (exact) mass is 603 g/mol. The minimum Gasteiger partial charge on any atom is -0.497 e. The first-order valence-electron chi connectivity index (χ1n) is 12.7. The first-order valence-corrected chi connectivity index (χ1v) is 16.0. The zero-order chi connectivity index (χ0) is 30.4. The first kappa shape index (κ1) is 30.5. The van der Waals surface area contributed by atoms with Crippen LogP contribution in [0.15, 0.2) is 72.5 Å². The molecule has 0 bridgehead atoms. The number of fused-ring (bicyclic) bond motifs is 2. The summed E-state index contributed by atoms with van der Waals surface area (Å²) in [6.07, 6.45) is 8.81. The molecule has 0 amide bonds. The lowest BCUT2D eigenvalue weighted by atomic mass is 9.81. The van der Waals surface area contributed by atoms with Crippen molar-refractivity contribution in [1.29, 1.82) is 0 Å². The standard InChI is InChI=1S/C29H34N2O8S2/c1-28(2)22-16-20(38-5)12-14-24(22)30(18-40(32,33)34)26(28)10-8-7-9-11-27-29(3,4)23-17-21(39-6)13-15-25(23)31(27)19-41(35,36)37/h7-17H,18-19H2,1-6H3,(H-,32,33,34,35,36,37)/p+1. The van der Waals surface area contributed by atoms with Crippen LogP contribution in [0.2, 0.25) is 0 Å². The Labute approximate surface area is 241 Å². The zero-order valence-corrected chi connectivity index (χ0v) is 25.5. The number of methoxy groups -OCH3 is 2. The van der Waals surface area contributed by atoms with Gasteiger partial charge in [-0.2, -0.15) is 21.4 Å². The summed E-state index contributed by atoms with van der Waals surface area (Å²) >= 11 is 0. The Morgan fingerprint density at radius 3 is 2.02 bits per heavy atom. The number of hydrogen-bond acceptors (Lipinski definition) is 7. The van der Waals surface area contributed by atoms with E-state index in [-0.39, 0.29) is 0 Å². The summed E-state index contributed by atoms with van der Waals surface area (Å²) in [5.41, 5.74) is 3.13. The van der Waals surface area contributed by atoms with Gasteiger partial charge in [0.1, 0.15) is 11.5 Å². The van der Waals surface area contributed by atoms with E-state index < -0.39 is 42.8 Å². The lowest BCUT2D eigenvalue weighted by Gasteiger charge is -2.25. The molecule has 0 saturated carbocycles. The van der Waals surface area contributed by atoms with Gasteiger partial charge in [-0.15, -0.1) is 0 Å². The van der Waals surface area contributed by atoms with Crippen molar-refractivity contribution in [2.75, 3.05) is 30.9 Å². The topological polar surface area (TPSA) is 133 Å². The van der Waals surface area contributed by atoms with E-state index in [4.69, 9.17) is 9.47 Å². The first-order chi connectivity index (χ1) is 19.0. The van der Waals surface area contributed by atoms with Gasteiger partial charge < -0.3 is 14.4 Å². The van der Waals surface area contributed by atoms with E-state index in [2.05, 4.69) is 0 Å². The molecule has 12 heteroatoms. The maximum absolute atomic E-state index is 11.9. The van der Waals surface area contributed by atoms with Crippen molar-refractivity contribution in [3.8, 4) is 11.5 Å². The van der Waals surface area contributed by atoms with E-state index in [1.807, 2.05) is 39.8 Å². The number of ether oxygens (including phenoxy) is 2. The molecule has 0 unspecified atom stereocenters. The summed E-state index contributed by atoms with van der Waals surface area (Å²) in [7, 11) is -5.55. The summed E-state index contributed by atoms with van der Waals surface area (Å²) in [6, 6.07) is 10.7. The van der Waals surface area contributed by atoms with Gasteiger partial charge in [0.15, 0.2) is 11.6 Å². The lowest BCUT2D eigenvalue weighted by molar-refractivity contribution is -0.416. The van der Waals surface area contributed by atoms with Crippen LogP contribution in [0.25, 0.3) is 0 Å². The second kappa shape index (κ2) is 10.8. The van der Waals surface area contributed by atoms with Gasteiger partial charge in [-0.3, -0.25) is 9.11 Å². The Bertz CT molecular complexity index is 1720. The molecule has 4 rings (SSSR count). The Hall–Kier alpha value is -3.45. The molecule has 0 fully saturated rings. The number of anilines is 1. The molecular formula is C29H35N2O8S2+. The van der Waals surface area contributed by atoms with Gasteiger partial charge in [-0.25, -0.2) is 0 Å². The molecule has 220 valence electrons. The highest BCUT2D eigenvalue weighted by Crippen LogP contribution is 2.49. The summed E-state index contributed by atoms with van der Waals surface area (Å²) in [5, 5.41) is 0. The van der Waals surface area contributed by atoms with Crippen molar-refractivity contribution < 1.29 is 40.0 Å². The third kappa shape index (κ3) is 6.10. The highest BCUT2D eigenvalue weighted by Gasteiger charge is 2.46. The lowest BCUT2D eigenvalue weighted by Crippen LogP contribution is -2.30. The summed E-state index contributed by atoms with van der Waals surface area (Å²) in [6.45, 7) is 7.83. The third-order valence-electron chi connectivity index (χ3n) is 7.51. The van der Waals surface area contributed by atoms with Gasteiger partial charge in [0.05, 0.1) is 19.6 Å². The maximum atomic E-state index is 11.9. The van der Waals surface area contributed by atoms with E-state index in [1.165, 1.54) is 0 Å². The molecule has 2 aromatic carbocycles. The second-order valence-corrected chi connectivity index (χ2v) is 13.8. The van der Waals surface area contributed by atoms with Crippen molar-refractivity contribution in [2.45, 2.75) is 38.5 Å². The Kier molecular flexibility index (Phi) is 8.00. The van der Waals surface area contributed by atoms with Crippen molar-refractivity contribution >= 4 is 37.3 Å². The van der Waals surface area contributed by atoms with Crippen molar-refractivity contribution in [1.82, 2.24) is 0 Å². The largest absolute Gasteiger partial charge is 0.497 e. The Morgan fingerprint density at radius 1 is 0.829 bits per heavy atom. The maximum Gasteiger partial charge on any atom is 0.326 e. The fourth-order valence-corrected chi connectivity index (χ4v) is 6.73.